The summed E-state index contributed by atoms with van der Waals surface area (Å²) >= 11 is 0. The third-order valence-electron chi connectivity index (χ3n) is 3.17. The first kappa shape index (κ1) is 13.8. The quantitative estimate of drug-likeness (QED) is 0.453. The van der Waals surface area contributed by atoms with Gasteiger partial charge in [0.25, 0.3) is 0 Å². The summed E-state index contributed by atoms with van der Waals surface area (Å²) in [6, 6.07) is 17.8. The van der Waals surface area contributed by atoms with Gasteiger partial charge in [0.2, 0.25) is 0 Å². The Kier molecular flexibility index (Phi) is 3.83. The summed E-state index contributed by atoms with van der Waals surface area (Å²) in [5.74, 6) is -0.140. The maximum absolute atomic E-state index is 11.9. The topological polar surface area (TPSA) is 59.3 Å². The van der Waals surface area contributed by atoms with Crippen molar-refractivity contribution in [2.24, 2.45) is 0 Å². The number of nitrogens with one attached hydrogen (secondary N) is 1. The van der Waals surface area contributed by atoms with Gasteiger partial charge < -0.3 is 9.73 Å². The van der Waals surface area contributed by atoms with E-state index in [4.69, 9.17) is 4.42 Å². The van der Waals surface area contributed by atoms with Crippen molar-refractivity contribution in [3.05, 3.63) is 88.9 Å². The van der Waals surface area contributed by atoms with E-state index in [0.717, 1.165) is 5.39 Å². The molecule has 0 amide bonds. The highest BCUT2D eigenvalue weighted by molar-refractivity contribution is 6.04. The molecule has 1 aromatic heterocycles. The second-order valence-electron chi connectivity index (χ2n) is 4.69. The highest BCUT2D eigenvalue weighted by atomic mass is 16.4. The lowest BCUT2D eigenvalue weighted by Gasteiger charge is -2.01. The standard InChI is InChI=1S/C18H13NO3/c20-16(13-6-2-1-3-7-13)10-11-19-15-12-14-8-4-5-9-17(14)22-18(15)21/h1-12,19H/b11-10-. The average Bonchev–Trinajstić information content (AvgIpc) is 2.56. The summed E-state index contributed by atoms with van der Waals surface area (Å²) in [6.07, 6.45) is 2.82. The molecule has 22 heavy (non-hydrogen) atoms. The number of carbonyl (C=O) groups is 1. The molecule has 0 aliphatic carbocycles. The van der Waals surface area contributed by atoms with Crippen LogP contribution in [0.3, 0.4) is 0 Å². The minimum atomic E-state index is -0.476. The number of hydrogen-bond acceptors (Lipinski definition) is 4. The van der Waals surface area contributed by atoms with E-state index in [0.29, 0.717) is 11.1 Å². The van der Waals surface area contributed by atoms with Crippen LogP contribution in [0.5, 0.6) is 0 Å². The highest BCUT2D eigenvalue weighted by Gasteiger charge is 2.03. The molecule has 0 atom stereocenters. The van der Waals surface area contributed by atoms with Gasteiger partial charge in [0, 0.05) is 23.2 Å². The predicted octanol–water partition coefficient (Wildman–Crippen LogP) is 3.60. The Balaban J connectivity index is 1.79. The lowest BCUT2D eigenvalue weighted by molar-refractivity contribution is 0.104. The van der Waals surface area contributed by atoms with Crippen molar-refractivity contribution in [3.63, 3.8) is 0 Å². The molecule has 3 aromatic rings. The molecule has 0 radical (unpaired) electrons. The lowest BCUT2D eigenvalue weighted by atomic mass is 10.1. The molecule has 0 unspecified atom stereocenters. The van der Waals surface area contributed by atoms with Crippen molar-refractivity contribution in [3.8, 4) is 0 Å². The van der Waals surface area contributed by atoms with Gasteiger partial charge in [-0.3, -0.25) is 4.79 Å². The molecule has 3 rings (SSSR count). The molecule has 1 heterocycles. The molecule has 0 saturated heterocycles. The summed E-state index contributed by atoms with van der Waals surface area (Å²) in [5.41, 5.74) is 0.930. The van der Waals surface area contributed by atoms with Crippen LogP contribution in [0.1, 0.15) is 10.4 Å². The van der Waals surface area contributed by atoms with Gasteiger partial charge in [0.05, 0.1) is 0 Å². The van der Waals surface area contributed by atoms with Crippen molar-refractivity contribution in [1.29, 1.82) is 0 Å². The number of rotatable bonds is 4. The molecular formula is C18H13NO3. The zero-order chi connectivity index (χ0) is 15.4. The Morgan fingerprint density at radius 3 is 2.55 bits per heavy atom. The molecule has 0 fully saturated rings. The van der Waals surface area contributed by atoms with Crippen LogP contribution in [0.2, 0.25) is 0 Å². The second-order valence-corrected chi connectivity index (χ2v) is 4.69. The number of fused-ring (bicyclic) bond motifs is 1. The Morgan fingerprint density at radius 1 is 1.00 bits per heavy atom. The van der Waals surface area contributed by atoms with Crippen LogP contribution in [0.25, 0.3) is 11.0 Å². The van der Waals surface area contributed by atoms with Gasteiger partial charge in [-0.1, -0.05) is 48.5 Å². The van der Waals surface area contributed by atoms with E-state index in [1.165, 1.54) is 12.3 Å². The minimum absolute atomic E-state index is 0.140. The summed E-state index contributed by atoms with van der Waals surface area (Å²) in [7, 11) is 0. The molecule has 1 N–H and O–H groups in total. The van der Waals surface area contributed by atoms with E-state index in [-0.39, 0.29) is 11.5 Å². The zero-order valence-electron chi connectivity index (χ0n) is 11.7. The summed E-state index contributed by atoms with van der Waals surface area (Å²) < 4.78 is 5.20. The highest BCUT2D eigenvalue weighted by Crippen LogP contribution is 2.15. The average molecular weight is 291 g/mol. The van der Waals surface area contributed by atoms with E-state index in [1.54, 1.807) is 42.5 Å². The van der Waals surface area contributed by atoms with Crippen molar-refractivity contribution in [2.75, 3.05) is 5.32 Å². The monoisotopic (exact) mass is 291 g/mol. The van der Waals surface area contributed by atoms with E-state index >= 15 is 0 Å². The van der Waals surface area contributed by atoms with Crippen LogP contribution in [0.15, 0.2) is 82.2 Å². The van der Waals surface area contributed by atoms with Crippen LogP contribution in [0.4, 0.5) is 5.69 Å². The van der Waals surface area contributed by atoms with Gasteiger partial charge in [0.15, 0.2) is 5.78 Å². The molecule has 0 aliphatic rings. The minimum Gasteiger partial charge on any atom is -0.421 e. The normalized spacial score (nSPS) is 10.9. The van der Waals surface area contributed by atoms with Crippen LogP contribution >= 0.6 is 0 Å². The largest absolute Gasteiger partial charge is 0.421 e. The summed E-state index contributed by atoms with van der Waals surface area (Å²) in [4.78, 5) is 23.7. The number of benzene rings is 2. The van der Waals surface area contributed by atoms with Crippen LogP contribution in [0, 0.1) is 0 Å². The summed E-state index contributed by atoms with van der Waals surface area (Å²) in [5, 5.41) is 3.61. The van der Waals surface area contributed by atoms with E-state index in [1.807, 2.05) is 18.2 Å². The van der Waals surface area contributed by atoms with Crippen LogP contribution in [-0.4, -0.2) is 5.78 Å². The maximum atomic E-state index is 11.9. The Hall–Kier alpha value is -3.14. The van der Waals surface area contributed by atoms with Crippen molar-refractivity contribution < 1.29 is 9.21 Å². The maximum Gasteiger partial charge on any atom is 0.360 e. The van der Waals surface area contributed by atoms with Crippen molar-refractivity contribution >= 4 is 22.4 Å². The van der Waals surface area contributed by atoms with Gasteiger partial charge in [-0.05, 0) is 12.1 Å². The molecule has 0 spiro atoms. The van der Waals surface area contributed by atoms with E-state index in [2.05, 4.69) is 5.32 Å². The fourth-order valence-corrected chi connectivity index (χ4v) is 2.07. The molecule has 4 heteroatoms. The number of allylic oxidation sites excluding steroid dienone is 1. The van der Waals surface area contributed by atoms with Gasteiger partial charge in [0.1, 0.15) is 11.3 Å². The van der Waals surface area contributed by atoms with E-state index in [9.17, 15) is 9.59 Å². The Labute approximate surface area is 126 Å². The Bertz CT molecular complexity index is 895. The number of carbonyl (C=O) groups excluding carboxylic acids is 1. The van der Waals surface area contributed by atoms with Gasteiger partial charge in [-0.15, -0.1) is 0 Å². The zero-order valence-corrected chi connectivity index (χ0v) is 11.7. The first-order valence-corrected chi connectivity index (χ1v) is 6.79. The first-order chi connectivity index (χ1) is 10.7. The van der Waals surface area contributed by atoms with Crippen molar-refractivity contribution in [2.45, 2.75) is 0 Å². The SMILES string of the molecule is O=C(/C=C\Nc1cc2ccccc2oc1=O)c1ccccc1. The van der Waals surface area contributed by atoms with E-state index < -0.39 is 5.63 Å². The fourth-order valence-electron chi connectivity index (χ4n) is 2.07. The number of hydrogen-bond donors (Lipinski definition) is 1. The summed E-state index contributed by atoms with van der Waals surface area (Å²) in [6.45, 7) is 0. The number of anilines is 1. The number of para-hydroxylation sites is 1. The third kappa shape index (κ3) is 2.96. The fraction of sp³-hybridized carbons (Fsp3) is 0. The molecule has 4 nitrogen and oxygen atoms in total. The van der Waals surface area contributed by atoms with Gasteiger partial charge in [-0.2, -0.15) is 0 Å². The van der Waals surface area contributed by atoms with Gasteiger partial charge in [-0.25, -0.2) is 4.79 Å². The lowest BCUT2D eigenvalue weighted by Crippen LogP contribution is -2.06. The first-order valence-electron chi connectivity index (χ1n) is 6.79. The molecular weight excluding hydrogens is 278 g/mol. The molecule has 108 valence electrons. The van der Waals surface area contributed by atoms with Crippen LogP contribution < -0.4 is 10.9 Å². The molecule has 0 bridgehead atoms. The second kappa shape index (κ2) is 6.10. The smallest absolute Gasteiger partial charge is 0.360 e. The predicted molar refractivity (Wildman–Crippen MR) is 86.0 cm³/mol. The van der Waals surface area contributed by atoms with Gasteiger partial charge >= 0.3 is 5.63 Å². The molecule has 0 aliphatic heterocycles. The molecule has 0 saturated carbocycles. The Morgan fingerprint density at radius 2 is 1.73 bits per heavy atom. The third-order valence-corrected chi connectivity index (χ3v) is 3.17. The van der Waals surface area contributed by atoms with Crippen LogP contribution in [-0.2, 0) is 0 Å². The number of ketones is 1. The molecule has 2 aromatic carbocycles. The van der Waals surface area contributed by atoms with Crippen molar-refractivity contribution in [1.82, 2.24) is 0 Å².